The lowest BCUT2D eigenvalue weighted by atomic mass is 9.93. The summed E-state index contributed by atoms with van der Waals surface area (Å²) in [7, 11) is 0. The monoisotopic (exact) mass is 291 g/mol. The average Bonchev–Trinajstić information content (AvgIpc) is 2.45. The van der Waals surface area contributed by atoms with Crippen molar-refractivity contribution in [3.63, 3.8) is 0 Å². The molecule has 21 heavy (non-hydrogen) atoms. The highest BCUT2D eigenvalue weighted by Crippen LogP contribution is 2.16. The van der Waals surface area contributed by atoms with Gasteiger partial charge in [-0.05, 0) is 62.2 Å². The van der Waals surface area contributed by atoms with Crippen LogP contribution >= 0.6 is 0 Å². The van der Waals surface area contributed by atoms with Crippen molar-refractivity contribution in [1.29, 1.82) is 0 Å². The number of benzene rings is 1. The molecule has 120 valence electrons. The molecule has 1 aromatic rings. The molecule has 0 aliphatic heterocycles. The Morgan fingerprint density at radius 2 is 1.95 bits per heavy atom. The average molecular weight is 291 g/mol. The van der Waals surface area contributed by atoms with Crippen LogP contribution < -0.4 is 5.32 Å². The zero-order valence-electron chi connectivity index (χ0n) is 14.3. The second-order valence-corrected chi connectivity index (χ2v) is 6.46. The summed E-state index contributed by atoms with van der Waals surface area (Å²) in [6.45, 7) is 12.8. The van der Waals surface area contributed by atoms with Crippen molar-refractivity contribution in [2.45, 2.75) is 47.0 Å². The molecule has 0 radical (unpaired) electrons. The molecule has 2 heteroatoms. The minimum Gasteiger partial charge on any atom is -0.381 e. The predicted octanol–water partition coefficient (Wildman–Crippen LogP) is 4.22. The molecular weight excluding hydrogens is 258 g/mol. The van der Waals surface area contributed by atoms with Gasteiger partial charge in [-0.1, -0.05) is 45.0 Å². The van der Waals surface area contributed by atoms with E-state index in [1.807, 2.05) is 0 Å². The van der Waals surface area contributed by atoms with Crippen LogP contribution in [0.5, 0.6) is 0 Å². The van der Waals surface area contributed by atoms with Crippen molar-refractivity contribution in [3.05, 3.63) is 35.4 Å². The molecule has 1 aromatic carbocycles. The Kier molecular flexibility index (Phi) is 9.36. The smallest absolute Gasteiger partial charge is 0.0488 e. The number of hydrogen-bond acceptors (Lipinski definition) is 2. The lowest BCUT2D eigenvalue weighted by Crippen LogP contribution is -2.26. The Morgan fingerprint density at radius 1 is 1.19 bits per heavy atom. The second-order valence-electron chi connectivity index (χ2n) is 6.46. The highest BCUT2D eigenvalue weighted by molar-refractivity contribution is 5.25. The molecule has 0 amide bonds. The summed E-state index contributed by atoms with van der Waals surface area (Å²) in [6, 6.07) is 8.74. The fraction of sp³-hybridized carbons (Fsp3) is 0.684. The second kappa shape index (κ2) is 10.8. The fourth-order valence-electron chi connectivity index (χ4n) is 2.48. The van der Waals surface area contributed by atoms with Crippen LogP contribution in [-0.4, -0.2) is 26.3 Å². The van der Waals surface area contributed by atoms with Crippen molar-refractivity contribution < 1.29 is 4.74 Å². The van der Waals surface area contributed by atoms with Crippen molar-refractivity contribution in [2.75, 3.05) is 26.3 Å². The molecule has 0 saturated heterocycles. The summed E-state index contributed by atoms with van der Waals surface area (Å²) in [5, 5.41) is 3.57. The first-order valence-corrected chi connectivity index (χ1v) is 8.46. The number of aryl methyl sites for hydroxylation is 1. The van der Waals surface area contributed by atoms with Gasteiger partial charge in [0, 0.05) is 13.2 Å². The third kappa shape index (κ3) is 8.23. The maximum atomic E-state index is 5.77. The largest absolute Gasteiger partial charge is 0.381 e. The maximum Gasteiger partial charge on any atom is 0.0488 e. The third-order valence-electron chi connectivity index (χ3n) is 3.75. The molecule has 2 nitrogen and oxygen atoms in total. The molecule has 1 atom stereocenters. The van der Waals surface area contributed by atoms with Crippen LogP contribution in [-0.2, 0) is 11.2 Å². The highest BCUT2D eigenvalue weighted by Gasteiger charge is 2.11. The first-order valence-electron chi connectivity index (χ1n) is 8.46. The van der Waals surface area contributed by atoms with E-state index in [0.717, 1.165) is 39.1 Å². The Bertz CT molecular complexity index is 376. The number of rotatable bonds is 11. The van der Waals surface area contributed by atoms with Gasteiger partial charge < -0.3 is 10.1 Å². The van der Waals surface area contributed by atoms with Crippen LogP contribution in [0.25, 0.3) is 0 Å². The van der Waals surface area contributed by atoms with Gasteiger partial charge in [-0.25, -0.2) is 0 Å². The third-order valence-corrected chi connectivity index (χ3v) is 3.75. The van der Waals surface area contributed by atoms with Crippen LogP contribution in [0.2, 0.25) is 0 Å². The van der Waals surface area contributed by atoms with Gasteiger partial charge in [0.1, 0.15) is 0 Å². The Balaban J connectivity index is 2.45. The number of nitrogens with one attached hydrogen (secondary N) is 1. The van der Waals surface area contributed by atoms with Crippen LogP contribution in [0.15, 0.2) is 24.3 Å². The molecule has 1 N–H and O–H groups in total. The summed E-state index contributed by atoms with van der Waals surface area (Å²) in [4.78, 5) is 0. The summed E-state index contributed by atoms with van der Waals surface area (Å²) in [6.07, 6.45) is 3.48. The van der Waals surface area contributed by atoms with E-state index in [0.29, 0.717) is 11.8 Å². The zero-order chi connectivity index (χ0) is 15.5. The van der Waals surface area contributed by atoms with Crippen molar-refractivity contribution in [1.82, 2.24) is 5.32 Å². The van der Waals surface area contributed by atoms with Crippen LogP contribution in [0.1, 0.15) is 44.7 Å². The first kappa shape index (κ1) is 18.2. The Hall–Kier alpha value is -0.860. The summed E-state index contributed by atoms with van der Waals surface area (Å²) >= 11 is 0. The van der Waals surface area contributed by atoms with Gasteiger partial charge in [-0.3, -0.25) is 0 Å². The normalized spacial score (nSPS) is 12.8. The summed E-state index contributed by atoms with van der Waals surface area (Å²) < 4.78 is 5.77. The van der Waals surface area contributed by atoms with E-state index in [4.69, 9.17) is 4.74 Å². The maximum absolute atomic E-state index is 5.77. The molecule has 0 aliphatic rings. The molecular formula is C19H33NO. The van der Waals surface area contributed by atoms with Gasteiger partial charge in [0.25, 0.3) is 0 Å². The molecule has 1 unspecified atom stereocenters. The quantitative estimate of drug-likeness (QED) is 0.616. The van der Waals surface area contributed by atoms with Gasteiger partial charge in [0.15, 0.2) is 0 Å². The molecule has 1 rings (SSSR count). The van der Waals surface area contributed by atoms with Gasteiger partial charge in [-0.2, -0.15) is 0 Å². The fourth-order valence-corrected chi connectivity index (χ4v) is 2.48. The standard InChI is InChI=1S/C19H33NO/c1-5-11-20-14-18(10-12-21-15-16(2)3)13-19-9-7-6-8-17(19)4/h6-9,16,18,20H,5,10-15H2,1-4H3. The van der Waals surface area contributed by atoms with E-state index in [1.165, 1.54) is 17.5 Å². The predicted molar refractivity (Wildman–Crippen MR) is 91.8 cm³/mol. The molecule has 0 aliphatic carbocycles. The molecule has 0 heterocycles. The van der Waals surface area contributed by atoms with Crippen LogP contribution in [0.3, 0.4) is 0 Å². The summed E-state index contributed by atoms with van der Waals surface area (Å²) in [5.41, 5.74) is 2.88. The molecule has 0 bridgehead atoms. The topological polar surface area (TPSA) is 21.3 Å². The van der Waals surface area contributed by atoms with E-state index in [9.17, 15) is 0 Å². The van der Waals surface area contributed by atoms with E-state index in [2.05, 4.69) is 57.3 Å². The van der Waals surface area contributed by atoms with Crippen molar-refractivity contribution in [2.24, 2.45) is 11.8 Å². The highest BCUT2D eigenvalue weighted by atomic mass is 16.5. The lowest BCUT2D eigenvalue weighted by molar-refractivity contribution is 0.0976. The van der Waals surface area contributed by atoms with E-state index >= 15 is 0 Å². The molecule has 0 fully saturated rings. The van der Waals surface area contributed by atoms with Crippen molar-refractivity contribution >= 4 is 0 Å². The number of ether oxygens (including phenoxy) is 1. The van der Waals surface area contributed by atoms with Gasteiger partial charge >= 0.3 is 0 Å². The minimum atomic E-state index is 0.623. The summed E-state index contributed by atoms with van der Waals surface area (Å²) in [5.74, 6) is 1.28. The Morgan fingerprint density at radius 3 is 2.62 bits per heavy atom. The van der Waals surface area contributed by atoms with E-state index in [1.54, 1.807) is 0 Å². The Labute approximate surface area is 131 Å². The van der Waals surface area contributed by atoms with E-state index < -0.39 is 0 Å². The van der Waals surface area contributed by atoms with Crippen LogP contribution in [0.4, 0.5) is 0 Å². The molecule has 0 spiro atoms. The van der Waals surface area contributed by atoms with Gasteiger partial charge in [-0.15, -0.1) is 0 Å². The zero-order valence-corrected chi connectivity index (χ0v) is 14.3. The van der Waals surface area contributed by atoms with Crippen molar-refractivity contribution in [3.8, 4) is 0 Å². The van der Waals surface area contributed by atoms with Gasteiger partial charge in [0.05, 0.1) is 0 Å². The molecule has 0 aromatic heterocycles. The number of hydrogen-bond donors (Lipinski definition) is 1. The van der Waals surface area contributed by atoms with Crippen LogP contribution in [0, 0.1) is 18.8 Å². The molecule has 0 saturated carbocycles. The van der Waals surface area contributed by atoms with E-state index in [-0.39, 0.29) is 0 Å². The van der Waals surface area contributed by atoms with Gasteiger partial charge in [0.2, 0.25) is 0 Å². The minimum absolute atomic E-state index is 0.623. The SMILES string of the molecule is CCCNCC(CCOCC(C)C)Cc1ccccc1C. The first-order chi connectivity index (χ1) is 10.1. The lowest BCUT2D eigenvalue weighted by Gasteiger charge is -2.19.